The number of fused-ring (bicyclic) bond motifs is 8. The van der Waals surface area contributed by atoms with Gasteiger partial charge < -0.3 is 9.80 Å². The Labute approximate surface area is 313 Å². The Bertz CT molecular complexity index is 2740. The van der Waals surface area contributed by atoms with E-state index in [0.29, 0.717) is 0 Å². The molecule has 2 nitrogen and oxygen atoms in total. The molecule has 9 aromatic rings. The summed E-state index contributed by atoms with van der Waals surface area (Å²) in [6.45, 7) is 0. The lowest BCUT2D eigenvalue weighted by molar-refractivity contribution is 0.930. The van der Waals surface area contributed by atoms with E-state index in [1.165, 1.54) is 69.9 Å². The first-order chi connectivity index (χ1) is 26.3. The third kappa shape index (κ3) is 5.58. The minimum atomic E-state index is 0.967. The van der Waals surface area contributed by atoms with Crippen molar-refractivity contribution in [1.82, 2.24) is 0 Å². The molecule has 10 rings (SSSR count). The Hall–Kier alpha value is -6.42. The SMILES string of the molecule is C1=C(c2ccc3c(c2)c2ccccc2c2c4cc(N(c5ccccc5)c5ccccc5)ccc4sc32)CCC(N(c2ccccc2)c2ccccc2)=C1. The van der Waals surface area contributed by atoms with E-state index in [2.05, 4.69) is 204 Å². The van der Waals surface area contributed by atoms with Gasteiger partial charge in [0, 0.05) is 59.7 Å². The van der Waals surface area contributed by atoms with Crippen molar-refractivity contribution in [1.29, 1.82) is 0 Å². The van der Waals surface area contributed by atoms with Crippen molar-refractivity contribution in [3.05, 3.63) is 205 Å². The van der Waals surface area contributed by atoms with Crippen molar-refractivity contribution in [2.75, 3.05) is 9.80 Å². The molecule has 0 saturated heterocycles. The number of rotatable bonds is 7. The van der Waals surface area contributed by atoms with Gasteiger partial charge in [-0.3, -0.25) is 0 Å². The Morgan fingerprint density at radius 2 is 0.943 bits per heavy atom. The summed E-state index contributed by atoms with van der Waals surface area (Å²) in [5.74, 6) is 0. The van der Waals surface area contributed by atoms with Crippen molar-refractivity contribution in [3.8, 4) is 0 Å². The van der Waals surface area contributed by atoms with Gasteiger partial charge in [-0.2, -0.15) is 0 Å². The number of thiophene rings is 1. The molecular formula is C50H36N2S. The Balaban J connectivity index is 1.09. The number of anilines is 5. The molecule has 0 fully saturated rings. The highest BCUT2D eigenvalue weighted by molar-refractivity contribution is 7.27. The van der Waals surface area contributed by atoms with E-state index in [4.69, 9.17) is 0 Å². The fraction of sp³-hybridized carbons (Fsp3) is 0.0400. The quantitative estimate of drug-likeness (QED) is 0.153. The highest BCUT2D eigenvalue weighted by atomic mass is 32.1. The normalized spacial score (nSPS) is 13.0. The maximum absolute atomic E-state index is 2.44. The van der Waals surface area contributed by atoms with E-state index in [-0.39, 0.29) is 0 Å². The molecule has 0 radical (unpaired) electrons. The second kappa shape index (κ2) is 13.3. The van der Waals surface area contributed by atoms with Crippen LogP contribution in [-0.2, 0) is 0 Å². The van der Waals surface area contributed by atoms with Crippen LogP contribution in [0.3, 0.4) is 0 Å². The largest absolute Gasteiger partial charge is 0.314 e. The summed E-state index contributed by atoms with van der Waals surface area (Å²) in [4.78, 5) is 4.75. The summed E-state index contributed by atoms with van der Waals surface area (Å²) in [7, 11) is 0. The number of benzene rings is 8. The van der Waals surface area contributed by atoms with Gasteiger partial charge in [-0.15, -0.1) is 11.3 Å². The molecular weight excluding hydrogens is 661 g/mol. The van der Waals surface area contributed by atoms with Crippen molar-refractivity contribution in [3.63, 3.8) is 0 Å². The second-order valence-corrected chi connectivity index (χ2v) is 14.7. The number of allylic oxidation sites excluding steroid dienone is 4. The van der Waals surface area contributed by atoms with E-state index in [1.807, 2.05) is 11.3 Å². The van der Waals surface area contributed by atoms with Gasteiger partial charge in [0.15, 0.2) is 0 Å². The first-order valence-electron chi connectivity index (χ1n) is 18.3. The predicted molar refractivity (Wildman–Crippen MR) is 229 cm³/mol. The Kier molecular flexibility index (Phi) is 7.85. The van der Waals surface area contributed by atoms with Crippen LogP contribution in [0, 0.1) is 0 Å². The monoisotopic (exact) mass is 696 g/mol. The molecule has 1 aromatic heterocycles. The molecule has 0 N–H and O–H groups in total. The fourth-order valence-corrected chi connectivity index (χ4v) is 9.31. The van der Waals surface area contributed by atoms with Crippen LogP contribution in [0.2, 0.25) is 0 Å². The summed E-state index contributed by atoms with van der Waals surface area (Å²) in [5.41, 5.74) is 9.81. The van der Waals surface area contributed by atoms with Gasteiger partial charge in [-0.25, -0.2) is 0 Å². The highest BCUT2D eigenvalue weighted by Gasteiger charge is 2.20. The lowest BCUT2D eigenvalue weighted by Gasteiger charge is -2.30. The summed E-state index contributed by atoms with van der Waals surface area (Å²) < 4.78 is 2.66. The maximum atomic E-state index is 2.44. The molecule has 3 heteroatoms. The zero-order valence-electron chi connectivity index (χ0n) is 29.2. The molecule has 0 spiro atoms. The predicted octanol–water partition coefficient (Wildman–Crippen LogP) is 14.7. The molecule has 0 atom stereocenters. The van der Waals surface area contributed by atoms with Crippen LogP contribution in [-0.4, -0.2) is 0 Å². The van der Waals surface area contributed by atoms with Gasteiger partial charge in [-0.05, 0) is 119 Å². The van der Waals surface area contributed by atoms with E-state index in [1.54, 1.807) is 0 Å². The van der Waals surface area contributed by atoms with Gasteiger partial charge >= 0.3 is 0 Å². The molecule has 0 saturated carbocycles. The van der Waals surface area contributed by atoms with Crippen LogP contribution in [0.5, 0.6) is 0 Å². The summed E-state index contributed by atoms with van der Waals surface area (Å²) in [6, 6.07) is 65.9. The van der Waals surface area contributed by atoms with E-state index < -0.39 is 0 Å². The zero-order chi connectivity index (χ0) is 35.1. The van der Waals surface area contributed by atoms with Crippen LogP contribution in [0.1, 0.15) is 18.4 Å². The Morgan fingerprint density at radius 1 is 0.377 bits per heavy atom. The van der Waals surface area contributed by atoms with Crippen LogP contribution < -0.4 is 9.80 Å². The minimum Gasteiger partial charge on any atom is -0.314 e. The number of nitrogens with zero attached hydrogens (tertiary/aromatic N) is 2. The average Bonchev–Trinajstić information content (AvgIpc) is 3.62. The van der Waals surface area contributed by atoms with E-state index in [9.17, 15) is 0 Å². The fourth-order valence-electron chi connectivity index (χ4n) is 8.07. The second-order valence-electron chi connectivity index (χ2n) is 13.7. The molecule has 8 aromatic carbocycles. The van der Waals surface area contributed by atoms with Gasteiger partial charge in [0.05, 0.1) is 0 Å². The summed E-state index contributed by atoms with van der Waals surface area (Å²) >= 11 is 1.91. The van der Waals surface area contributed by atoms with Gasteiger partial charge in [0.2, 0.25) is 0 Å². The standard InChI is InChI=1S/C50H36N2S/c1-5-15-37(16-6-1)51(38-17-7-2-8-18-38)41-28-25-35(26-29-41)36-27-31-45-46(33-36)43-23-13-14-24-44(43)49-47-34-42(30-32-48(47)53-50(45)49)52(39-19-9-3-10-20-39)40-21-11-4-12-22-40/h1-25,27-28,30-34H,26,29H2. The van der Waals surface area contributed by atoms with Gasteiger partial charge in [-0.1, -0.05) is 115 Å². The number of para-hydroxylation sites is 4. The molecule has 53 heavy (non-hydrogen) atoms. The van der Waals surface area contributed by atoms with Crippen molar-refractivity contribution < 1.29 is 0 Å². The van der Waals surface area contributed by atoms with Crippen LogP contribution in [0.4, 0.5) is 28.4 Å². The van der Waals surface area contributed by atoms with Crippen molar-refractivity contribution in [2.45, 2.75) is 12.8 Å². The lowest BCUT2D eigenvalue weighted by atomic mass is 9.91. The highest BCUT2D eigenvalue weighted by Crippen LogP contribution is 2.47. The molecule has 1 heterocycles. The smallest absolute Gasteiger partial charge is 0.0468 e. The third-order valence-corrected chi connectivity index (χ3v) is 11.7. The topological polar surface area (TPSA) is 6.48 Å². The molecule has 0 amide bonds. The molecule has 0 bridgehead atoms. The van der Waals surface area contributed by atoms with Crippen molar-refractivity contribution >= 4 is 87.1 Å². The average molecular weight is 697 g/mol. The maximum Gasteiger partial charge on any atom is 0.0468 e. The van der Waals surface area contributed by atoms with Gasteiger partial charge in [0.1, 0.15) is 0 Å². The van der Waals surface area contributed by atoms with Gasteiger partial charge in [0.25, 0.3) is 0 Å². The molecule has 252 valence electrons. The van der Waals surface area contributed by atoms with Crippen LogP contribution in [0.15, 0.2) is 200 Å². The van der Waals surface area contributed by atoms with E-state index in [0.717, 1.165) is 29.9 Å². The van der Waals surface area contributed by atoms with Crippen molar-refractivity contribution in [2.24, 2.45) is 0 Å². The molecule has 1 aliphatic rings. The number of hydrogen-bond acceptors (Lipinski definition) is 3. The first kappa shape index (κ1) is 31.3. The zero-order valence-corrected chi connectivity index (χ0v) is 30.0. The molecule has 0 aliphatic heterocycles. The summed E-state index contributed by atoms with van der Waals surface area (Å²) in [6.07, 6.45) is 6.61. The van der Waals surface area contributed by atoms with Crippen LogP contribution in [0.25, 0.3) is 47.3 Å². The summed E-state index contributed by atoms with van der Waals surface area (Å²) in [5, 5.41) is 7.89. The number of hydrogen-bond donors (Lipinski definition) is 0. The first-order valence-corrected chi connectivity index (χ1v) is 19.1. The molecule has 1 aliphatic carbocycles. The molecule has 0 unspecified atom stereocenters. The lowest BCUT2D eigenvalue weighted by Crippen LogP contribution is -2.17. The van der Waals surface area contributed by atoms with Crippen LogP contribution >= 0.6 is 11.3 Å². The minimum absolute atomic E-state index is 0.967. The Morgan fingerprint density at radius 3 is 1.53 bits per heavy atom. The third-order valence-electron chi connectivity index (χ3n) is 10.5. The van der Waals surface area contributed by atoms with E-state index >= 15 is 0 Å².